The molecule has 38 heavy (non-hydrogen) atoms. The first-order valence-corrected chi connectivity index (χ1v) is 14.5. The van der Waals surface area contributed by atoms with E-state index < -0.39 is 15.9 Å². The van der Waals surface area contributed by atoms with E-state index in [1.807, 2.05) is 0 Å². The standard InChI is InChI=1S/C26H36N6O5S/c1-5-37-25(34)31-15-12-19(13-16-31)28-21-9-6-10-22(29-21)38(35,36)30-24(33)20-8-7-14-27-23(20)32-17-11-18(2)26(32,3)4/h6-10,14,18-19H,5,11-13,15-17H2,1-4H3,(H,28,29)(H,30,33). The Bertz CT molecular complexity index is 1280. The monoisotopic (exact) mass is 544 g/mol. The second-order valence-corrected chi connectivity index (χ2v) is 11.9. The molecule has 0 spiro atoms. The molecule has 0 saturated carbocycles. The lowest BCUT2D eigenvalue weighted by atomic mass is 9.90. The Morgan fingerprint density at radius 1 is 1.11 bits per heavy atom. The number of aromatic nitrogens is 2. The Morgan fingerprint density at radius 2 is 1.84 bits per heavy atom. The van der Waals surface area contributed by atoms with Crippen molar-refractivity contribution >= 4 is 33.7 Å². The van der Waals surface area contributed by atoms with Gasteiger partial charge in [0.05, 0.1) is 12.2 Å². The Balaban J connectivity index is 1.45. The lowest BCUT2D eigenvalue weighted by molar-refractivity contribution is 0.0973. The van der Waals surface area contributed by atoms with Crippen molar-refractivity contribution in [1.29, 1.82) is 0 Å². The fraction of sp³-hybridized carbons (Fsp3) is 0.538. The number of ether oxygens (including phenoxy) is 1. The van der Waals surface area contributed by atoms with Crippen molar-refractivity contribution in [2.24, 2.45) is 5.92 Å². The molecule has 2 saturated heterocycles. The molecule has 0 aliphatic carbocycles. The van der Waals surface area contributed by atoms with Gasteiger partial charge in [-0.15, -0.1) is 0 Å². The molecule has 2 aromatic rings. The first kappa shape index (κ1) is 27.6. The number of carbonyl (C=O) groups is 2. The van der Waals surface area contributed by atoms with Gasteiger partial charge in [0.25, 0.3) is 15.9 Å². The van der Waals surface area contributed by atoms with Crippen molar-refractivity contribution in [1.82, 2.24) is 19.6 Å². The molecule has 0 aromatic carbocycles. The van der Waals surface area contributed by atoms with Crippen molar-refractivity contribution in [2.45, 2.75) is 63.6 Å². The SMILES string of the molecule is CCOC(=O)N1CCC(Nc2cccc(S(=O)(=O)NC(=O)c3cccnc3N3CCC(C)C3(C)C)n2)CC1. The van der Waals surface area contributed by atoms with E-state index in [1.165, 1.54) is 6.07 Å². The summed E-state index contributed by atoms with van der Waals surface area (Å²) in [6.45, 7) is 10.2. The van der Waals surface area contributed by atoms with Crippen molar-refractivity contribution in [3.63, 3.8) is 0 Å². The Morgan fingerprint density at radius 3 is 2.50 bits per heavy atom. The predicted octanol–water partition coefficient (Wildman–Crippen LogP) is 3.25. The Hall–Kier alpha value is -3.41. The zero-order chi connectivity index (χ0) is 27.5. The number of nitrogens with one attached hydrogen (secondary N) is 2. The van der Waals surface area contributed by atoms with Crippen LogP contribution in [0.2, 0.25) is 0 Å². The number of rotatable bonds is 7. The third kappa shape index (κ3) is 5.85. The summed E-state index contributed by atoms with van der Waals surface area (Å²) in [7, 11) is -4.24. The normalized spacial score (nSPS) is 19.7. The minimum absolute atomic E-state index is 0.0184. The first-order valence-electron chi connectivity index (χ1n) is 13.0. The zero-order valence-electron chi connectivity index (χ0n) is 22.3. The van der Waals surface area contributed by atoms with Gasteiger partial charge in [0.2, 0.25) is 0 Å². The van der Waals surface area contributed by atoms with Crippen LogP contribution in [0.4, 0.5) is 16.4 Å². The summed E-state index contributed by atoms with van der Waals surface area (Å²) >= 11 is 0. The van der Waals surface area contributed by atoms with Crippen LogP contribution in [-0.4, -0.2) is 73.1 Å². The maximum Gasteiger partial charge on any atom is 0.409 e. The van der Waals surface area contributed by atoms with E-state index in [0.29, 0.717) is 50.1 Å². The molecule has 2 fully saturated rings. The number of hydrogen-bond donors (Lipinski definition) is 2. The van der Waals surface area contributed by atoms with E-state index in [2.05, 4.69) is 45.7 Å². The molecule has 2 aromatic heterocycles. The number of anilines is 2. The van der Waals surface area contributed by atoms with E-state index in [0.717, 1.165) is 13.0 Å². The van der Waals surface area contributed by atoms with Crippen molar-refractivity contribution in [3.8, 4) is 0 Å². The van der Waals surface area contributed by atoms with Gasteiger partial charge in [0.15, 0.2) is 5.03 Å². The van der Waals surface area contributed by atoms with Gasteiger partial charge in [-0.2, -0.15) is 8.42 Å². The molecule has 2 amide bonds. The number of nitrogens with zero attached hydrogens (tertiary/aromatic N) is 4. The highest BCUT2D eigenvalue weighted by molar-refractivity contribution is 7.90. The topological polar surface area (TPSA) is 134 Å². The molecule has 2 N–H and O–H groups in total. The molecule has 206 valence electrons. The first-order chi connectivity index (χ1) is 18.0. The third-order valence-corrected chi connectivity index (χ3v) is 8.81. The number of likely N-dealkylation sites (tertiary alicyclic amines) is 1. The highest BCUT2D eigenvalue weighted by atomic mass is 32.2. The van der Waals surface area contributed by atoms with Crippen LogP contribution in [-0.2, 0) is 14.8 Å². The van der Waals surface area contributed by atoms with Gasteiger partial charge in [0, 0.05) is 37.4 Å². The molecule has 12 heteroatoms. The molecule has 1 atom stereocenters. The summed E-state index contributed by atoms with van der Waals surface area (Å²) < 4.78 is 33.5. The van der Waals surface area contributed by atoms with Crippen LogP contribution in [0.5, 0.6) is 0 Å². The van der Waals surface area contributed by atoms with Crippen LogP contribution < -0.4 is 14.9 Å². The molecule has 4 heterocycles. The lowest BCUT2D eigenvalue weighted by Gasteiger charge is -2.36. The minimum atomic E-state index is -4.24. The summed E-state index contributed by atoms with van der Waals surface area (Å²) in [6.07, 6.45) is 3.57. The Kier molecular flexibility index (Phi) is 8.10. The summed E-state index contributed by atoms with van der Waals surface area (Å²) in [5.74, 6) is 0.479. The number of sulfonamides is 1. The van der Waals surface area contributed by atoms with E-state index in [9.17, 15) is 18.0 Å². The van der Waals surface area contributed by atoms with Crippen molar-refractivity contribution in [3.05, 3.63) is 42.1 Å². The molecule has 11 nitrogen and oxygen atoms in total. The molecular weight excluding hydrogens is 508 g/mol. The number of piperidine rings is 1. The molecule has 2 aliphatic rings. The average molecular weight is 545 g/mol. The number of hydrogen-bond acceptors (Lipinski definition) is 9. The van der Waals surface area contributed by atoms with E-state index in [1.54, 1.807) is 42.3 Å². The van der Waals surface area contributed by atoms with Crippen molar-refractivity contribution < 1.29 is 22.7 Å². The van der Waals surface area contributed by atoms with Crippen LogP contribution in [0.15, 0.2) is 41.6 Å². The van der Waals surface area contributed by atoms with Gasteiger partial charge in [0.1, 0.15) is 11.6 Å². The fourth-order valence-electron chi connectivity index (χ4n) is 4.90. The fourth-order valence-corrected chi connectivity index (χ4v) is 5.84. The number of pyridine rings is 2. The van der Waals surface area contributed by atoms with Crippen LogP contribution in [0.3, 0.4) is 0 Å². The number of amides is 2. The van der Waals surface area contributed by atoms with E-state index in [-0.39, 0.29) is 28.3 Å². The van der Waals surface area contributed by atoms with Crippen LogP contribution in [0.25, 0.3) is 0 Å². The quantitative estimate of drug-likeness (QED) is 0.539. The van der Waals surface area contributed by atoms with Gasteiger partial charge >= 0.3 is 6.09 Å². The van der Waals surface area contributed by atoms with Gasteiger partial charge in [-0.25, -0.2) is 19.5 Å². The van der Waals surface area contributed by atoms with Gasteiger partial charge in [-0.05, 0) is 70.2 Å². The second kappa shape index (κ2) is 11.1. The van der Waals surface area contributed by atoms with Crippen LogP contribution in [0.1, 0.15) is 57.3 Å². The zero-order valence-corrected chi connectivity index (χ0v) is 23.1. The maximum atomic E-state index is 13.2. The van der Waals surface area contributed by atoms with Crippen molar-refractivity contribution in [2.75, 3.05) is 36.5 Å². The number of carbonyl (C=O) groups excluding carboxylic acids is 2. The predicted molar refractivity (Wildman–Crippen MR) is 144 cm³/mol. The lowest BCUT2D eigenvalue weighted by Crippen LogP contribution is -2.43. The summed E-state index contributed by atoms with van der Waals surface area (Å²) in [4.78, 5) is 37.5. The third-order valence-electron chi connectivity index (χ3n) is 7.57. The minimum Gasteiger partial charge on any atom is -0.450 e. The summed E-state index contributed by atoms with van der Waals surface area (Å²) in [6, 6.07) is 7.82. The average Bonchev–Trinajstić information content (AvgIpc) is 3.16. The second-order valence-electron chi connectivity index (χ2n) is 10.3. The molecule has 0 bridgehead atoms. The highest BCUT2D eigenvalue weighted by Crippen LogP contribution is 2.38. The van der Waals surface area contributed by atoms with E-state index >= 15 is 0 Å². The molecule has 2 aliphatic heterocycles. The van der Waals surface area contributed by atoms with E-state index in [4.69, 9.17) is 4.74 Å². The summed E-state index contributed by atoms with van der Waals surface area (Å²) in [5, 5.41) is 2.98. The maximum absolute atomic E-state index is 13.2. The smallest absolute Gasteiger partial charge is 0.409 e. The van der Waals surface area contributed by atoms with Gasteiger partial charge < -0.3 is 19.9 Å². The molecule has 4 rings (SSSR count). The molecule has 0 radical (unpaired) electrons. The Labute approximate surface area is 224 Å². The highest BCUT2D eigenvalue weighted by Gasteiger charge is 2.40. The largest absolute Gasteiger partial charge is 0.450 e. The summed E-state index contributed by atoms with van der Waals surface area (Å²) in [5.41, 5.74) is -0.0306. The molecular formula is C26H36N6O5S. The van der Waals surface area contributed by atoms with Gasteiger partial charge in [-0.1, -0.05) is 13.0 Å². The van der Waals surface area contributed by atoms with Crippen LogP contribution >= 0.6 is 0 Å². The molecule has 1 unspecified atom stereocenters. The van der Waals surface area contributed by atoms with Gasteiger partial charge in [-0.3, -0.25) is 4.79 Å². The van der Waals surface area contributed by atoms with Crippen LogP contribution in [0, 0.1) is 5.92 Å².